The van der Waals surface area contributed by atoms with Gasteiger partial charge in [-0.25, -0.2) is 4.79 Å². The molecule has 0 saturated carbocycles. The Kier molecular flexibility index (Phi) is 5.41. The number of carboxylic acids is 1. The van der Waals surface area contributed by atoms with Gasteiger partial charge >= 0.3 is 12.0 Å². The SMILES string of the molecule is CC(CN1CCCC1)NC(=O)N(C)C1COCC1C(=O)O. The fourth-order valence-electron chi connectivity index (χ4n) is 3.02. The Hall–Kier alpha value is -1.34. The molecule has 3 unspecified atom stereocenters. The molecule has 120 valence electrons. The summed E-state index contributed by atoms with van der Waals surface area (Å²) in [5.41, 5.74) is 0. The lowest BCUT2D eigenvalue weighted by atomic mass is 10.0. The first-order valence-corrected chi connectivity index (χ1v) is 7.55. The Morgan fingerprint density at radius 3 is 2.67 bits per heavy atom. The molecular formula is C14H25N3O4. The van der Waals surface area contributed by atoms with Crippen molar-refractivity contribution in [1.29, 1.82) is 0 Å². The number of likely N-dealkylation sites (N-methyl/N-ethyl adjacent to an activating group) is 1. The first-order valence-electron chi connectivity index (χ1n) is 7.55. The van der Waals surface area contributed by atoms with Crippen LogP contribution < -0.4 is 5.32 Å². The predicted octanol–water partition coefficient (Wildman–Crippen LogP) is 0.212. The molecule has 0 bridgehead atoms. The standard InChI is InChI=1S/C14H25N3O4/c1-10(7-17-5-3-4-6-17)15-14(20)16(2)12-9-21-8-11(12)13(18)19/h10-12H,3-9H2,1-2H3,(H,15,20)(H,18,19). The van der Waals surface area contributed by atoms with E-state index in [1.807, 2.05) is 6.92 Å². The fourth-order valence-corrected chi connectivity index (χ4v) is 3.02. The number of hydrogen-bond acceptors (Lipinski definition) is 4. The van der Waals surface area contributed by atoms with Crippen LogP contribution in [0.4, 0.5) is 4.79 Å². The first kappa shape index (κ1) is 16.0. The van der Waals surface area contributed by atoms with Crippen molar-refractivity contribution in [3.8, 4) is 0 Å². The van der Waals surface area contributed by atoms with Crippen molar-refractivity contribution in [2.75, 3.05) is 39.9 Å². The molecule has 0 aliphatic carbocycles. The lowest BCUT2D eigenvalue weighted by molar-refractivity contribution is -0.142. The number of ether oxygens (including phenoxy) is 1. The van der Waals surface area contributed by atoms with Crippen molar-refractivity contribution >= 4 is 12.0 Å². The molecule has 3 atom stereocenters. The zero-order valence-electron chi connectivity index (χ0n) is 12.7. The van der Waals surface area contributed by atoms with E-state index in [-0.39, 0.29) is 25.3 Å². The van der Waals surface area contributed by atoms with E-state index in [0.717, 1.165) is 19.6 Å². The third-order valence-electron chi connectivity index (χ3n) is 4.29. The second-order valence-electron chi connectivity index (χ2n) is 6.02. The molecular weight excluding hydrogens is 274 g/mol. The van der Waals surface area contributed by atoms with Gasteiger partial charge in [0.05, 0.1) is 19.3 Å². The molecule has 2 amide bonds. The number of amides is 2. The highest BCUT2D eigenvalue weighted by Gasteiger charge is 2.38. The minimum Gasteiger partial charge on any atom is -0.481 e. The van der Waals surface area contributed by atoms with Crippen LogP contribution in [-0.2, 0) is 9.53 Å². The molecule has 0 aromatic carbocycles. The number of likely N-dealkylation sites (tertiary alicyclic amines) is 1. The second kappa shape index (κ2) is 7.09. The number of rotatable bonds is 5. The van der Waals surface area contributed by atoms with Crippen molar-refractivity contribution in [3.05, 3.63) is 0 Å². The quantitative estimate of drug-likeness (QED) is 0.758. The van der Waals surface area contributed by atoms with E-state index in [2.05, 4.69) is 10.2 Å². The molecule has 0 aromatic heterocycles. The van der Waals surface area contributed by atoms with Crippen LogP contribution in [0.2, 0.25) is 0 Å². The van der Waals surface area contributed by atoms with Crippen LogP contribution >= 0.6 is 0 Å². The van der Waals surface area contributed by atoms with Crippen LogP contribution in [0.3, 0.4) is 0 Å². The number of carboxylic acid groups (broad SMARTS) is 1. The zero-order valence-corrected chi connectivity index (χ0v) is 12.7. The molecule has 2 heterocycles. The number of urea groups is 1. The summed E-state index contributed by atoms with van der Waals surface area (Å²) >= 11 is 0. The van der Waals surface area contributed by atoms with E-state index in [4.69, 9.17) is 9.84 Å². The Bertz CT molecular complexity index is 384. The molecule has 0 spiro atoms. The van der Waals surface area contributed by atoms with Crippen LogP contribution in [0.5, 0.6) is 0 Å². The van der Waals surface area contributed by atoms with E-state index in [0.29, 0.717) is 0 Å². The first-order chi connectivity index (χ1) is 9.99. The number of nitrogens with zero attached hydrogens (tertiary/aromatic N) is 2. The van der Waals surface area contributed by atoms with Gasteiger partial charge in [-0.05, 0) is 32.9 Å². The Labute approximate surface area is 125 Å². The van der Waals surface area contributed by atoms with Gasteiger partial charge in [0.15, 0.2) is 0 Å². The van der Waals surface area contributed by atoms with Gasteiger partial charge in [-0.1, -0.05) is 0 Å². The molecule has 21 heavy (non-hydrogen) atoms. The van der Waals surface area contributed by atoms with Crippen LogP contribution in [0, 0.1) is 5.92 Å². The van der Waals surface area contributed by atoms with Crippen LogP contribution in [0.25, 0.3) is 0 Å². The maximum absolute atomic E-state index is 12.2. The Balaban J connectivity index is 1.82. The number of nitrogens with one attached hydrogen (secondary N) is 1. The Morgan fingerprint density at radius 1 is 1.38 bits per heavy atom. The van der Waals surface area contributed by atoms with Crippen molar-refractivity contribution in [3.63, 3.8) is 0 Å². The molecule has 7 heteroatoms. The van der Waals surface area contributed by atoms with Gasteiger partial charge in [-0.15, -0.1) is 0 Å². The van der Waals surface area contributed by atoms with E-state index >= 15 is 0 Å². The smallest absolute Gasteiger partial charge is 0.317 e. The fraction of sp³-hybridized carbons (Fsp3) is 0.857. The second-order valence-corrected chi connectivity index (χ2v) is 6.02. The molecule has 2 saturated heterocycles. The van der Waals surface area contributed by atoms with Crippen molar-refractivity contribution in [1.82, 2.24) is 15.1 Å². The van der Waals surface area contributed by atoms with Gasteiger partial charge in [-0.2, -0.15) is 0 Å². The Morgan fingerprint density at radius 2 is 2.05 bits per heavy atom. The summed E-state index contributed by atoms with van der Waals surface area (Å²) in [4.78, 5) is 27.2. The van der Waals surface area contributed by atoms with Crippen molar-refractivity contribution in [2.24, 2.45) is 5.92 Å². The summed E-state index contributed by atoms with van der Waals surface area (Å²) < 4.78 is 5.20. The van der Waals surface area contributed by atoms with Crippen molar-refractivity contribution < 1.29 is 19.4 Å². The zero-order chi connectivity index (χ0) is 15.4. The summed E-state index contributed by atoms with van der Waals surface area (Å²) in [7, 11) is 1.63. The maximum Gasteiger partial charge on any atom is 0.317 e. The van der Waals surface area contributed by atoms with Gasteiger partial charge < -0.3 is 25.0 Å². The summed E-state index contributed by atoms with van der Waals surface area (Å²) in [5.74, 6) is -1.56. The minimum atomic E-state index is -0.915. The third kappa shape index (κ3) is 4.07. The van der Waals surface area contributed by atoms with E-state index < -0.39 is 17.9 Å². The maximum atomic E-state index is 12.2. The molecule has 0 aromatic rings. The lowest BCUT2D eigenvalue weighted by Crippen LogP contribution is -2.52. The molecule has 0 radical (unpaired) electrons. The van der Waals surface area contributed by atoms with Crippen LogP contribution in [-0.4, -0.2) is 78.9 Å². The van der Waals surface area contributed by atoms with Crippen molar-refractivity contribution in [2.45, 2.75) is 31.8 Å². The molecule has 2 fully saturated rings. The average molecular weight is 299 g/mol. The van der Waals surface area contributed by atoms with E-state index in [9.17, 15) is 9.59 Å². The number of aliphatic carboxylic acids is 1. The van der Waals surface area contributed by atoms with Gasteiger partial charge in [0, 0.05) is 19.6 Å². The van der Waals surface area contributed by atoms with Gasteiger partial charge in [0.2, 0.25) is 0 Å². The number of hydrogen-bond donors (Lipinski definition) is 2. The normalized spacial score (nSPS) is 27.5. The van der Waals surface area contributed by atoms with Gasteiger partial charge in [-0.3, -0.25) is 4.79 Å². The number of carbonyl (C=O) groups is 2. The van der Waals surface area contributed by atoms with Crippen LogP contribution in [0.15, 0.2) is 0 Å². The molecule has 2 aliphatic rings. The molecule has 7 nitrogen and oxygen atoms in total. The van der Waals surface area contributed by atoms with Gasteiger partial charge in [0.1, 0.15) is 5.92 Å². The number of carbonyl (C=O) groups excluding carboxylic acids is 1. The van der Waals surface area contributed by atoms with E-state index in [1.54, 1.807) is 7.05 Å². The summed E-state index contributed by atoms with van der Waals surface area (Å²) in [5, 5.41) is 12.1. The highest BCUT2D eigenvalue weighted by Crippen LogP contribution is 2.19. The summed E-state index contributed by atoms with van der Waals surface area (Å²) in [6.45, 7) is 5.44. The van der Waals surface area contributed by atoms with Crippen LogP contribution in [0.1, 0.15) is 19.8 Å². The van der Waals surface area contributed by atoms with Gasteiger partial charge in [0.25, 0.3) is 0 Å². The third-order valence-corrected chi connectivity index (χ3v) is 4.29. The minimum absolute atomic E-state index is 0.0450. The van der Waals surface area contributed by atoms with E-state index in [1.165, 1.54) is 17.7 Å². The lowest BCUT2D eigenvalue weighted by Gasteiger charge is -2.29. The highest BCUT2D eigenvalue weighted by molar-refractivity contribution is 5.77. The predicted molar refractivity (Wildman–Crippen MR) is 77.2 cm³/mol. The topological polar surface area (TPSA) is 82.1 Å². The largest absolute Gasteiger partial charge is 0.481 e. The summed E-state index contributed by atoms with van der Waals surface area (Å²) in [6.07, 6.45) is 2.44. The highest BCUT2D eigenvalue weighted by atomic mass is 16.5. The molecule has 2 aliphatic heterocycles. The molecule has 2 N–H and O–H groups in total. The molecule has 2 rings (SSSR count). The average Bonchev–Trinajstić information content (AvgIpc) is 3.07. The monoisotopic (exact) mass is 299 g/mol. The summed E-state index contributed by atoms with van der Waals surface area (Å²) in [6, 6.07) is -0.589.